The highest BCUT2D eigenvalue weighted by atomic mass is 35.5. The van der Waals surface area contributed by atoms with Gasteiger partial charge in [0.25, 0.3) is 5.56 Å². The van der Waals surface area contributed by atoms with Gasteiger partial charge in [0.05, 0.1) is 11.3 Å². The Hall–Kier alpha value is -2.73. The van der Waals surface area contributed by atoms with Crippen LogP contribution in [0.1, 0.15) is 51.8 Å². The molecule has 0 unspecified atom stereocenters. The van der Waals surface area contributed by atoms with Crippen molar-refractivity contribution in [2.75, 3.05) is 0 Å². The average molecular weight is 436 g/mol. The van der Waals surface area contributed by atoms with Crippen molar-refractivity contribution in [1.29, 1.82) is 0 Å². The fourth-order valence-electron chi connectivity index (χ4n) is 4.97. The number of nitrogens with zero attached hydrogens (tertiary/aromatic N) is 5. The highest BCUT2D eigenvalue weighted by molar-refractivity contribution is 6.30. The number of benzene rings is 1. The molecule has 6 nitrogen and oxygen atoms in total. The topological polar surface area (TPSA) is 65.1 Å². The van der Waals surface area contributed by atoms with Gasteiger partial charge in [-0.05, 0) is 48.4 Å². The molecular weight excluding hydrogens is 410 g/mol. The van der Waals surface area contributed by atoms with Gasteiger partial charge >= 0.3 is 0 Å². The lowest BCUT2D eigenvalue weighted by atomic mass is 9.78. The Kier molecular flexibility index (Phi) is 5.05. The van der Waals surface area contributed by atoms with Crippen molar-refractivity contribution in [3.63, 3.8) is 0 Å². The van der Waals surface area contributed by atoms with E-state index in [2.05, 4.69) is 31.0 Å². The molecule has 31 heavy (non-hydrogen) atoms. The van der Waals surface area contributed by atoms with Gasteiger partial charge in [-0.1, -0.05) is 57.3 Å². The molecule has 5 rings (SSSR count). The number of aromatic nitrogens is 5. The van der Waals surface area contributed by atoms with E-state index >= 15 is 0 Å². The molecular formula is C24H26ClN5O. The monoisotopic (exact) mass is 435 g/mol. The first-order valence-electron chi connectivity index (χ1n) is 11.0. The van der Waals surface area contributed by atoms with Crippen molar-refractivity contribution < 1.29 is 0 Å². The molecule has 1 aromatic carbocycles. The zero-order valence-corrected chi connectivity index (χ0v) is 18.8. The van der Waals surface area contributed by atoms with Crippen LogP contribution in [0.4, 0.5) is 0 Å². The van der Waals surface area contributed by atoms with E-state index in [1.165, 1.54) is 6.42 Å². The number of halogens is 1. The summed E-state index contributed by atoms with van der Waals surface area (Å²) in [5.41, 5.74) is 4.48. The lowest BCUT2D eigenvalue weighted by Crippen LogP contribution is -2.34. The molecule has 3 atom stereocenters. The minimum Gasteiger partial charge on any atom is -0.310 e. The Balaban J connectivity index is 1.70. The van der Waals surface area contributed by atoms with Crippen molar-refractivity contribution in [1.82, 2.24) is 24.4 Å². The molecule has 1 saturated carbocycles. The van der Waals surface area contributed by atoms with Crippen molar-refractivity contribution in [3.8, 4) is 11.1 Å². The van der Waals surface area contributed by atoms with E-state index in [1.54, 1.807) is 4.52 Å². The minimum absolute atomic E-state index is 0.0839. The van der Waals surface area contributed by atoms with Gasteiger partial charge < -0.3 is 4.57 Å². The second kappa shape index (κ2) is 7.75. The molecule has 3 heterocycles. The van der Waals surface area contributed by atoms with Crippen LogP contribution in [-0.2, 0) is 6.42 Å². The number of fused-ring (bicyclic) bond motifs is 3. The second-order valence-electron chi connectivity index (χ2n) is 8.71. The van der Waals surface area contributed by atoms with E-state index in [0.29, 0.717) is 33.5 Å². The SMILES string of the molecule is CCc1nn2c(nnc3c(=O)n([C@@H]4CCC[C@H](C)[C@H]4C)ccc32)c1-c1ccc(Cl)cc1. The van der Waals surface area contributed by atoms with Crippen LogP contribution in [0.3, 0.4) is 0 Å². The van der Waals surface area contributed by atoms with Gasteiger partial charge in [0.2, 0.25) is 0 Å². The largest absolute Gasteiger partial charge is 0.310 e. The van der Waals surface area contributed by atoms with Gasteiger partial charge in [-0.25, -0.2) is 4.52 Å². The third-order valence-corrected chi connectivity index (χ3v) is 7.22. The van der Waals surface area contributed by atoms with Crippen molar-refractivity contribution in [2.45, 2.75) is 52.5 Å². The van der Waals surface area contributed by atoms with E-state index in [0.717, 1.165) is 36.1 Å². The smallest absolute Gasteiger partial charge is 0.280 e. The molecule has 160 valence electrons. The number of pyridine rings is 1. The molecule has 1 aliphatic carbocycles. The van der Waals surface area contributed by atoms with Crippen LogP contribution in [0.15, 0.2) is 41.3 Å². The first kappa shape index (κ1) is 20.2. The summed E-state index contributed by atoms with van der Waals surface area (Å²) in [5, 5.41) is 14.3. The lowest BCUT2D eigenvalue weighted by Gasteiger charge is -2.35. The van der Waals surface area contributed by atoms with Gasteiger partial charge in [0, 0.05) is 17.3 Å². The van der Waals surface area contributed by atoms with Crippen LogP contribution in [0, 0.1) is 11.8 Å². The molecule has 1 fully saturated rings. The number of hydrogen-bond acceptors (Lipinski definition) is 4. The van der Waals surface area contributed by atoms with E-state index in [1.807, 2.05) is 41.1 Å². The fourth-order valence-corrected chi connectivity index (χ4v) is 5.10. The van der Waals surface area contributed by atoms with Crippen LogP contribution in [0.25, 0.3) is 27.8 Å². The van der Waals surface area contributed by atoms with Crippen molar-refractivity contribution in [2.24, 2.45) is 11.8 Å². The predicted octanol–water partition coefficient (Wildman–Crippen LogP) is 5.32. The van der Waals surface area contributed by atoms with Crippen LogP contribution in [-0.4, -0.2) is 24.4 Å². The van der Waals surface area contributed by atoms with Crippen LogP contribution in [0.2, 0.25) is 5.02 Å². The molecule has 0 radical (unpaired) electrons. The third-order valence-electron chi connectivity index (χ3n) is 6.97. The molecule has 0 bridgehead atoms. The summed E-state index contributed by atoms with van der Waals surface area (Å²) < 4.78 is 3.64. The molecule has 7 heteroatoms. The summed E-state index contributed by atoms with van der Waals surface area (Å²) in [6, 6.07) is 9.81. The Morgan fingerprint density at radius 3 is 2.61 bits per heavy atom. The molecule has 0 amide bonds. The van der Waals surface area contributed by atoms with E-state index in [9.17, 15) is 4.79 Å². The van der Waals surface area contributed by atoms with Crippen molar-refractivity contribution in [3.05, 3.63) is 57.6 Å². The zero-order valence-electron chi connectivity index (χ0n) is 18.0. The quantitative estimate of drug-likeness (QED) is 0.437. The molecule has 0 saturated heterocycles. The van der Waals surface area contributed by atoms with Crippen LogP contribution < -0.4 is 5.56 Å². The second-order valence-corrected chi connectivity index (χ2v) is 9.15. The number of aryl methyl sites for hydroxylation is 1. The molecule has 0 N–H and O–H groups in total. The van der Waals surface area contributed by atoms with Gasteiger partial charge in [-0.3, -0.25) is 4.79 Å². The van der Waals surface area contributed by atoms with Crippen LogP contribution in [0.5, 0.6) is 0 Å². The molecule has 0 spiro atoms. The maximum atomic E-state index is 13.4. The van der Waals surface area contributed by atoms with Gasteiger partial charge in [0.15, 0.2) is 11.2 Å². The van der Waals surface area contributed by atoms with Crippen LogP contribution >= 0.6 is 11.6 Å². The van der Waals surface area contributed by atoms with Gasteiger partial charge in [-0.15, -0.1) is 10.2 Å². The Morgan fingerprint density at radius 1 is 1.10 bits per heavy atom. The number of hydrogen-bond donors (Lipinski definition) is 0. The predicted molar refractivity (Wildman–Crippen MR) is 124 cm³/mol. The maximum absolute atomic E-state index is 13.4. The van der Waals surface area contributed by atoms with Gasteiger partial charge in [-0.2, -0.15) is 5.10 Å². The minimum atomic E-state index is -0.0839. The summed E-state index contributed by atoms with van der Waals surface area (Å²) in [6.07, 6.45) is 6.06. The van der Waals surface area contributed by atoms with E-state index in [4.69, 9.17) is 16.7 Å². The highest BCUT2D eigenvalue weighted by Gasteiger charge is 2.29. The van der Waals surface area contributed by atoms with Gasteiger partial charge in [0.1, 0.15) is 5.52 Å². The Bertz CT molecular complexity index is 1320. The standard InChI is InChI=1S/C24H26ClN5O/c1-4-18-21(16-8-10-17(25)11-9-16)23-27-26-22-20(30(23)28-18)12-13-29(24(22)31)19-7-5-6-14(2)15(19)3/h8-15,19H,4-7H2,1-3H3/t14-,15+,19+/m0/s1. The molecule has 0 aliphatic heterocycles. The lowest BCUT2D eigenvalue weighted by molar-refractivity contribution is 0.183. The van der Waals surface area contributed by atoms with E-state index < -0.39 is 0 Å². The fraction of sp³-hybridized carbons (Fsp3) is 0.417. The number of rotatable bonds is 3. The maximum Gasteiger partial charge on any atom is 0.280 e. The third kappa shape index (κ3) is 3.24. The molecule has 1 aliphatic rings. The summed E-state index contributed by atoms with van der Waals surface area (Å²) in [5.74, 6) is 1.06. The first-order valence-corrected chi connectivity index (χ1v) is 11.4. The molecule has 3 aromatic heterocycles. The summed E-state index contributed by atoms with van der Waals surface area (Å²) in [4.78, 5) is 13.4. The Labute approximate surface area is 185 Å². The highest BCUT2D eigenvalue weighted by Crippen LogP contribution is 2.37. The zero-order chi connectivity index (χ0) is 21.7. The summed E-state index contributed by atoms with van der Waals surface area (Å²) in [7, 11) is 0. The average Bonchev–Trinajstić information content (AvgIpc) is 3.16. The normalized spacial score (nSPS) is 21.7. The van der Waals surface area contributed by atoms with Crippen molar-refractivity contribution >= 4 is 28.3 Å². The Morgan fingerprint density at radius 2 is 1.87 bits per heavy atom. The summed E-state index contributed by atoms with van der Waals surface area (Å²) in [6.45, 7) is 6.59. The first-order chi connectivity index (χ1) is 15.0. The molecule has 4 aromatic rings. The van der Waals surface area contributed by atoms with E-state index in [-0.39, 0.29) is 11.6 Å². The summed E-state index contributed by atoms with van der Waals surface area (Å²) >= 11 is 6.07.